The second-order valence-corrected chi connectivity index (χ2v) is 6.30. The number of aryl methyl sites for hydroxylation is 2. The van der Waals surface area contributed by atoms with Crippen LogP contribution < -0.4 is 10.6 Å². The molecule has 0 bridgehead atoms. The van der Waals surface area contributed by atoms with Crippen LogP contribution in [0.25, 0.3) is 5.65 Å². The van der Waals surface area contributed by atoms with E-state index in [1.807, 2.05) is 32.2 Å². The zero-order valence-corrected chi connectivity index (χ0v) is 15.5. The number of hydrogen-bond acceptors (Lipinski definition) is 4. The number of aromatic nitrogens is 2. The zero-order valence-electron chi connectivity index (χ0n) is 15.5. The summed E-state index contributed by atoms with van der Waals surface area (Å²) in [6.45, 7) is 3.43. The van der Waals surface area contributed by atoms with Crippen LogP contribution in [0.2, 0.25) is 0 Å². The normalized spacial score (nSPS) is 10.6. The Hall–Kier alpha value is -3.68. The van der Waals surface area contributed by atoms with Crippen LogP contribution in [-0.2, 0) is 11.2 Å². The second-order valence-electron chi connectivity index (χ2n) is 6.30. The largest absolute Gasteiger partial charge is 0.480 e. The number of benzene rings is 1. The maximum atomic E-state index is 12.9. The van der Waals surface area contributed by atoms with Crippen LogP contribution in [0.15, 0.2) is 42.6 Å². The number of carbonyl (C=O) groups excluding carboxylic acids is 2. The Morgan fingerprint density at radius 2 is 1.79 bits per heavy atom. The Kier molecular flexibility index (Phi) is 5.39. The molecule has 0 aliphatic heterocycles. The lowest BCUT2D eigenvalue weighted by Crippen LogP contribution is -2.29. The van der Waals surface area contributed by atoms with Crippen LogP contribution in [-0.4, -0.2) is 38.8 Å². The number of fused-ring (bicyclic) bond motifs is 1. The first-order valence-electron chi connectivity index (χ1n) is 8.78. The number of hydrogen-bond donors (Lipinski definition) is 3. The standard InChI is InChI=1S/C20H20N4O4/c1-3-15-18(24-11-12(2)4-9-16(24)23-15)20(28)22-14-7-5-13(6-8-14)19(27)21-10-17(25)26/h4-9,11H,3,10H2,1-2H3,(H,21,27)(H,22,28)(H,25,26). The molecule has 144 valence electrons. The van der Waals surface area contributed by atoms with Gasteiger partial charge >= 0.3 is 5.97 Å². The quantitative estimate of drug-likeness (QED) is 0.607. The highest BCUT2D eigenvalue weighted by Crippen LogP contribution is 2.17. The molecule has 0 saturated heterocycles. The molecule has 3 N–H and O–H groups in total. The average Bonchev–Trinajstić information content (AvgIpc) is 3.04. The third-order valence-electron chi connectivity index (χ3n) is 4.19. The van der Waals surface area contributed by atoms with Crippen LogP contribution in [0.3, 0.4) is 0 Å². The topological polar surface area (TPSA) is 113 Å². The van der Waals surface area contributed by atoms with E-state index in [2.05, 4.69) is 15.6 Å². The lowest BCUT2D eigenvalue weighted by atomic mass is 10.2. The number of anilines is 1. The minimum absolute atomic E-state index is 0.293. The van der Waals surface area contributed by atoms with Crippen molar-refractivity contribution >= 4 is 29.1 Å². The summed E-state index contributed by atoms with van der Waals surface area (Å²) in [6, 6.07) is 10.0. The van der Waals surface area contributed by atoms with Gasteiger partial charge in [-0.3, -0.25) is 18.8 Å². The van der Waals surface area contributed by atoms with Crippen molar-refractivity contribution in [3.63, 3.8) is 0 Å². The van der Waals surface area contributed by atoms with Gasteiger partial charge in [-0.1, -0.05) is 13.0 Å². The Bertz CT molecular complexity index is 1050. The molecule has 2 aromatic heterocycles. The van der Waals surface area contributed by atoms with E-state index >= 15 is 0 Å². The number of nitrogens with one attached hydrogen (secondary N) is 2. The van der Waals surface area contributed by atoms with Gasteiger partial charge in [-0.15, -0.1) is 0 Å². The van der Waals surface area contributed by atoms with E-state index in [0.717, 1.165) is 5.56 Å². The van der Waals surface area contributed by atoms with E-state index in [0.29, 0.717) is 34.7 Å². The lowest BCUT2D eigenvalue weighted by Gasteiger charge is -2.08. The van der Waals surface area contributed by atoms with Gasteiger partial charge in [0.1, 0.15) is 17.9 Å². The second kappa shape index (κ2) is 7.91. The van der Waals surface area contributed by atoms with Gasteiger partial charge < -0.3 is 15.7 Å². The highest BCUT2D eigenvalue weighted by molar-refractivity contribution is 6.05. The van der Waals surface area contributed by atoms with Gasteiger partial charge in [-0.2, -0.15) is 0 Å². The predicted molar refractivity (Wildman–Crippen MR) is 104 cm³/mol. The van der Waals surface area contributed by atoms with Crippen molar-refractivity contribution < 1.29 is 19.5 Å². The maximum absolute atomic E-state index is 12.9. The molecule has 2 heterocycles. The van der Waals surface area contributed by atoms with Crippen LogP contribution >= 0.6 is 0 Å². The molecule has 0 aliphatic rings. The van der Waals surface area contributed by atoms with Crippen molar-refractivity contribution in [1.82, 2.24) is 14.7 Å². The van der Waals surface area contributed by atoms with Crippen molar-refractivity contribution in [2.75, 3.05) is 11.9 Å². The summed E-state index contributed by atoms with van der Waals surface area (Å²) in [7, 11) is 0. The van der Waals surface area contributed by atoms with Crippen molar-refractivity contribution in [3.8, 4) is 0 Å². The van der Waals surface area contributed by atoms with E-state index in [4.69, 9.17) is 5.11 Å². The molecule has 0 fully saturated rings. The molecule has 3 aromatic rings. The molecular formula is C20H20N4O4. The van der Waals surface area contributed by atoms with Gasteiger partial charge in [-0.25, -0.2) is 4.98 Å². The molecule has 0 aliphatic carbocycles. The zero-order chi connectivity index (χ0) is 20.3. The molecule has 8 heteroatoms. The first kappa shape index (κ1) is 19.1. The molecule has 28 heavy (non-hydrogen) atoms. The molecule has 1 aromatic carbocycles. The molecule has 0 saturated carbocycles. The number of carbonyl (C=O) groups is 3. The van der Waals surface area contributed by atoms with Crippen molar-refractivity contribution in [1.29, 1.82) is 0 Å². The fourth-order valence-corrected chi connectivity index (χ4v) is 2.84. The Morgan fingerprint density at radius 1 is 1.07 bits per heavy atom. The smallest absolute Gasteiger partial charge is 0.322 e. The number of carboxylic acid groups (broad SMARTS) is 1. The molecule has 2 amide bonds. The highest BCUT2D eigenvalue weighted by atomic mass is 16.4. The molecule has 0 spiro atoms. The molecule has 8 nitrogen and oxygen atoms in total. The van der Waals surface area contributed by atoms with E-state index in [9.17, 15) is 14.4 Å². The first-order valence-corrected chi connectivity index (χ1v) is 8.78. The minimum atomic E-state index is -1.12. The fraction of sp³-hybridized carbons (Fsp3) is 0.200. The summed E-state index contributed by atoms with van der Waals surface area (Å²) >= 11 is 0. The Balaban J connectivity index is 1.80. The molecule has 3 rings (SSSR count). The first-order chi connectivity index (χ1) is 13.4. The minimum Gasteiger partial charge on any atom is -0.480 e. The summed E-state index contributed by atoms with van der Waals surface area (Å²) in [4.78, 5) is 39.7. The molecule has 0 radical (unpaired) electrons. The average molecular weight is 380 g/mol. The van der Waals surface area contributed by atoms with Crippen LogP contribution in [0.4, 0.5) is 5.69 Å². The number of rotatable bonds is 6. The Labute approximate surface area is 161 Å². The number of pyridine rings is 1. The number of imidazole rings is 1. The highest BCUT2D eigenvalue weighted by Gasteiger charge is 2.18. The van der Waals surface area contributed by atoms with E-state index in [1.165, 1.54) is 12.1 Å². The summed E-state index contributed by atoms with van der Waals surface area (Å²) in [6.07, 6.45) is 2.48. The monoisotopic (exact) mass is 380 g/mol. The molecule has 0 atom stereocenters. The van der Waals surface area contributed by atoms with E-state index < -0.39 is 18.4 Å². The van der Waals surface area contributed by atoms with Crippen LogP contribution in [0.5, 0.6) is 0 Å². The summed E-state index contributed by atoms with van der Waals surface area (Å²) < 4.78 is 1.78. The van der Waals surface area contributed by atoms with Gasteiger partial charge in [-0.05, 0) is 49.2 Å². The number of carboxylic acids is 1. The van der Waals surface area contributed by atoms with Crippen LogP contribution in [0, 0.1) is 6.92 Å². The van der Waals surface area contributed by atoms with Gasteiger partial charge in [0.2, 0.25) is 0 Å². The molecule has 0 unspecified atom stereocenters. The van der Waals surface area contributed by atoms with Gasteiger partial charge in [0.25, 0.3) is 11.8 Å². The number of amides is 2. The van der Waals surface area contributed by atoms with E-state index in [1.54, 1.807) is 16.5 Å². The molecular weight excluding hydrogens is 360 g/mol. The summed E-state index contributed by atoms with van der Waals surface area (Å²) in [5, 5.41) is 13.7. The van der Waals surface area contributed by atoms with Gasteiger partial charge in [0.05, 0.1) is 5.69 Å². The number of nitrogens with zero attached hydrogens (tertiary/aromatic N) is 2. The third-order valence-corrected chi connectivity index (χ3v) is 4.19. The van der Waals surface area contributed by atoms with Gasteiger partial charge in [0, 0.05) is 17.4 Å². The number of aliphatic carboxylic acids is 1. The van der Waals surface area contributed by atoms with Crippen molar-refractivity contribution in [2.45, 2.75) is 20.3 Å². The van der Waals surface area contributed by atoms with E-state index in [-0.39, 0.29) is 5.91 Å². The van der Waals surface area contributed by atoms with Crippen molar-refractivity contribution in [3.05, 3.63) is 65.1 Å². The van der Waals surface area contributed by atoms with Crippen molar-refractivity contribution in [2.24, 2.45) is 0 Å². The fourth-order valence-electron chi connectivity index (χ4n) is 2.84. The van der Waals surface area contributed by atoms with Gasteiger partial charge in [0.15, 0.2) is 0 Å². The third kappa shape index (κ3) is 4.01. The SMILES string of the molecule is CCc1nc2ccc(C)cn2c1C(=O)Nc1ccc(C(=O)NCC(=O)O)cc1. The summed E-state index contributed by atoms with van der Waals surface area (Å²) in [5.74, 6) is -1.91. The Morgan fingerprint density at radius 3 is 2.43 bits per heavy atom. The maximum Gasteiger partial charge on any atom is 0.322 e. The predicted octanol–water partition coefficient (Wildman–Crippen LogP) is 2.27. The lowest BCUT2D eigenvalue weighted by molar-refractivity contribution is -0.135. The summed E-state index contributed by atoms with van der Waals surface area (Å²) in [5.41, 5.74) is 3.72. The van der Waals surface area contributed by atoms with Crippen LogP contribution in [0.1, 0.15) is 39.0 Å².